The van der Waals surface area contributed by atoms with Crippen LogP contribution in [0.2, 0.25) is 0 Å². The molecule has 0 saturated heterocycles. The molecule has 0 heterocycles. The Morgan fingerprint density at radius 2 is 1.69 bits per heavy atom. The van der Waals surface area contributed by atoms with E-state index >= 15 is 0 Å². The summed E-state index contributed by atoms with van der Waals surface area (Å²) in [5.41, 5.74) is 0. The average Bonchev–Trinajstić information content (AvgIpc) is 1.80. The first-order valence-electron chi connectivity index (χ1n) is 5.21. The van der Waals surface area contributed by atoms with Gasteiger partial charge in [0.2, 0.25) is 5.91 Å². The van der Waals surface area contributed by atoms with E-state index in [1.165, 1.54) is 0 Å². The van der Waals surface area contributed by atoms with Crippen molar-refractivity contribution in [2.75, 3.05) is 0 Å². The van der Waals surface area contributed by atoms with Crippen molar-refractivity contribution in [2.24, 2.45) is 11.8 Å². The molecule has 1 amide bonds. The molecule has 0 aliphatic carbocycles. The van der Waals surface area contributed by atoms with Crippen LogP contribution in [-0.4, -0.2) is 11.9 Å². The lowest BCUT2D eigenvalue weighted by Gasteiger charge is -2.14. The number of hydrogen-bond acceptors (Lipinski definition) is 1. The molecule has 0 aliphatic heterocycles. The zero-order valence-corrected chi connectivity index (χ0v) is 9.55. The van der Waals surface area contributed by atoms with Crippen molar-refractivity contribution in [2.45, 2.75) is 53.5 Å². The van der Waals surface area contributed by atoms with E-state index in [1.54, 1.807) is 0 Å². The van der Waals surface area contributed by atoms with Crippen molar-refractivity contribution >= 4 is 5.91 Å². The number of amides is 1. The highest BCUT2D eigenvalue weighted by atomic mass is 16.1. The van der Waals surface area contributed by atoms with E-state index in [-0.39, 0.29) is 11.9 Å². The molecule has 2 heteroatoms. The number of carbonyl (C=O) groups is 1. The third kappa shape index (κ3) is 7.82. The molecule has 0 spiro atoms. The highest BCUT2D eigenvalue weighted by Crippen LogP contribution is 2.14. The minimum absolute atomic E-state index is 0.183. The van der Waals surface area contributed by atoms with Crippen LogP contribution in [0.25, 0.3) is 0 Å². The summed E-state index contributed by atoms with van der Waals surface area (Å²) in [5.74, 6) is 1.36. The summed E-state index contributed by atoms with van der Waals surface area (Å²) in [6.45, 7) is 10.5. The Labute approximate surface area is 82.1 Å². The predicted octanol–water partition coefficient (Wildman–Crippen LogP) is 2.58. The lowest BCUT2D eigenvalue weighted by Crippen LogP contribution is -2.31. The standard InChI is InChI=1S/C11H23NO/c1-8(2)6-10(5)7-11(13)12-9(3)4/h8-10H,6-7H2,1-5H3,(H,12,13). The van der Waals surface area contributed by atoms with E-state index in [2.05, 4.69) is 26.1 Å². The number of hydrogen-bond donors (Lipinski definition) is 1. The van der Waals surface area contributed by atoms with Gasteiger partial charge in [-0.1, -0.05) is 20.8 Å². The highest BCUT2D eigenvalue weighted by molar-refractivity contribution is 5.76. The van der Waals surface area contributed by atoms with E-state index in [1.807, 2.05) is 13.8 Å². The second-order valence-electron chi connectivity index (χ2n) is 4.66. The lowest BCUT2D eigenvalue weighted by atomic mass is 9.96. The first-order chi connectivity index (χ1) is 5.91. The van der Waals surface area contributed by atoms with Gasteiger partial charge in [0, 0.05) is 12.5 Å². The maximum atomic E-state index is 11.3. The van der Waals surface area contributed by atoms with Gasteiger partial charge < -0.3 is 5.32 Å². The summed E-state index contributed by atoms with van der Waals surface area (Å²) in [6.07, 6.45) is 1.79. The molecule has 0 radical (unpaired) electrons. The van der Waals surface area contributed by atoms with Gasteiger partial charge in [0.1, 0.15) is 0 Å². The van der Waals surface area contributed by atoms with Crippen molar-refractivity contribution in [3.05, 3.63) is 0 Å². The fraction of sp³-hybridized carbons (Fsp3) is 0.909. The van der Waals surface area contributed by atoms with Crippen LogP contribution in [-0.2, 0) is 4.79 Å². The van der Waals surface area contributed by atoms with E-state index in [0.29, 0.717) is 18.3 Å². The average molecular weight is 185 g/mol. The Morgan fingerprint density at radius 1 is 1.15 bits per heavy atom. The molecule has 0 rings (SSSR count). The van der Waals surface area contributed by atoms with Crippen LogP contribution in [0.1, 0.15) is 47.5 Å². The zero-order chi connectivity index (χ0) is 10.4. The summed E-state index contributed by atoms with van der Waals surface area (Å²) in [4.78, 5) is 11.3. The predicted molar refractivity (Wildman–Crippen MR) is 56.5 cm³/mol. The molecule has 0 bridgehead atoms. The summed E-state index contributed by atoms with van der Waals surface area (Å²) in [5, 5.41) is 2.91. The molecule has 0 aromatic heterocycles. The smallest absolute Gasteiger partial charge is 0.220 e. The second kappa shape index (κ2) is 6.01. The summed E-state index contributed by atoms with van der Waals surface area (Å²) >= 11 is 0. The van der Waals surface area contributed by atoms with Crippen molar-refractivity contribution in [3.8, 4) is 0 Å². The maximum Gasteiger partial charge on any atom is 0.220 e. The number of rotatable bonds is 5. The molecule has 13 heavy (non-hydrogen) atoms. The molecular weight excluding hydrogens is 162 g/mol. The monoisotopic (exact) mass is 185 g/mol. The zero-order valence-electron chi connectivity index (χ0n) is 9.55. The van der Waals surface area contributed by atoms with Crippen molar-refractivity contribution < 1.29 is 4.79 Å². The first-order valence-corrected chi connectivity index (χ1v) is 5.21. The van der Waals surface area contributed by atoms with Crippen LogP contribution in [0.5, 0.6) is 0 Å². The molecule has 0 aliphatic rings. The van der Waals surface area contributed by atoms with E-state index in [0.717, 1.165) is 6.42 Å². The minimum atomic E-state index is 0.183. The topological polar surface area (TPSA) is 29.1 Å². The Balaban J connectivity index is 3.65. The molecule has 78 valence electrons. The van der Waals surface area contributed by atoms with Gasteiger partial charge in [0.15, 0.2) is 0 Å². The molecule has 2 nitrogen and oxygen atoms in total. The third-order valence-electron chi connectivity index (χ3n) is 1.86. The fourth-order valence-corrected chi connectivity index (χ4v) is 1.59. The first kappa shape index (κ1) is 12.5. The van der Waals surface area contributed by atoms with Crippen LogP contribution in [0.3, 0.4) is 0 Å². The number of nitrogens with one attached hydrogen (secondary N) is 1. The second-order valence-corrected chi connectivity index (χ2v) is 4.66. The molecule has 0 saturated carbocycles. The molecule has 0 fully saturated rings. The summed E-state index contributed by atoms with van der Waals surface area (Å²) < 4.78 is 0. The molecule has 1 N–H and O–H groups in total. The van der Waals surface area contributed by atoms with Crippen LogP contribution in [0.4, 0.5) is 0 Å². The fourth-order valence-electron chi connectivity index (χ4n) is 1.59. The Hall–Kier alpha value is -0.530. The van der Waals surface area contributed by atoms with Crippen LogP contribution >= 0.6 is 0 Å². The van der Waals surface area contributed by atoms with Crippen molar-refractivity contribution in [1.82, 2.24) is 5.32 Å². The largest absolute Gasteiger partial charge is 0.354 e. The minimum Gasteiger partial charge on any atom is -0.354 e. The van der Waals surface area contributed by atoms with Gasteiger partial charge in [0.05, 0.1) is 0 Å². The van der Waals surface area contributed by atoms with E-state index in [4.69, 9.17) is 0 Å². The Bertz CT molecular complexity index is 152. The number of carbonyl (C=O) groups excluding carboxylic acids is 1. The van der Waals surface area contributed by atoms with E-state index < -0.39 is 0 Å². The maximum absolute atomic E-state index is 11.3. The van der Waals surface area contributed by atoms with Crippen molar-refractivity contribution in [3.63, 3.8) is 0 Å². The molecule has 1 atom stereocenters. The molecular formula is C11H23NO. The molecule has 0 aromatic carbocycles. The van der Waals surface area contributed by atoms with Gasteiger partial charge >= 0.3 is 0 Å². The quantitative estimate of drug-likeness (QED) is 0.701. The van der Waals surface area contributed by atoms with Crippen LogP contribution in [0, 0.1) is 11.8 Å². The van der Waals surface area contributed by atoms with Gasteiger partial charge in [0.25, 0.3) is 0 Å². The summed E-state index contributed by atoms with van der Waals surface area (Å²) in [6, 6.07) is 0.263. The highest BCUT2D eigenvalue weighted by Gasteiger charge is 2.10. The summed E-state index contributed by atoms with van der Waals surface area (Å²) in [7, 11) is 0. The van der Waals surface area contributed by atoms with Gasteiger partial charge in [-0.3, -0.25) is 4.79 Å². The molecule has 1 unspecified atom stereocenters. The van der Waals surface area contributed by atoms with Crippen LogP contribution in [0.15, 0.2) is 0 Å². The van der Waals surface area contributed by atoms with E-state index in [9.17, 15) is 4.79 Å². The Kier molecular flexibility index (Phi) is 5.76. The normalized spacial score (nSPS) is 13.5. The SMILES string of the molecule is CC(C)CC(C)CC(=O)NC(C)C. The van der Waals surface area contributed by atoms with Crippen molar-refractivity contribution in [1.29, 1.82) is 0 Å². The molecule has 0 aromatic rings. The third-order valence-corrected chi connectivity index (χ3v) is 1.86. The van der Waals surface area contributed by atoms with Gasteiger partial charge in [-0.05, 0) is 32.1 Å². The Morgan fingerprint density at radius 3 is 2.08 bits per heavy atom. The van der Waals surface area contributed by atoms with Gasteiger partial charge in [-0.25, -0.2) is 0 Å². The van der Waals surface area contributed by atoms with Gasteiger partial charge in [-0.15, -0.1) is 0 Å². The van der Waals surface area contributed by atoms with Gasteiger partial charge in [-0.2, -0.15) is 0 Å². The van der Waals surface area contributed by atoms with Crippen LogP contribution < -0.4 is 5.32 Å². The lowest BCUT2D eigenvalue weighted by molar-refractivity contribution is -0.122.